The molecule has 2 rings (SSSR count). The summed E-state index contributed by atoms with van der Waals surface area (Å²) in [7, 11) is 0. The summed E-state index contributed by atoms with van der Waals surface area (Å²) < 4.78 is 5.86. The van der Waals surface area contributed by atoms with E-state index in [1.165, 1.54) is 18.7 Å². The van der Waals surface area contributed by atoms with E-state index in [4.69, 9.17) is 4.42 Å². The standard InChI is InChI=1S/C15H26N2O/c1-5-16-7-14-6-15(18-13(14)4)10-17-8-11(2)12(3)9-17/h6,11-12,16H,5,7-10H2,1-4H3. The maximum atomic E-state index is 5.86. The number of likely N-dealkylation sites (tertiary alicyclic amines) is 1. The van der Waals surface area contributed by atoms with E-state index in [1.54, 1.807) is 0 Å². The second-order valence-electron chi connectivity index (χ2n) is 5.72. The van der Waals surface area contributed by atoms with E-state index in [2.05, 4.69) is 44.0 Å². The van der Waals surface area contributed by atoms with Gasteiger partial charge < -0.3 is 9.73 Å². The molecule has 0 saturated carbocycles. The Morgan fingerprint density at radius 2 is 2.00 bits per heavy atom. The fraction of sp³-hybridized carbons (Fsp3) is 0.733. The lowest BCUT2D eigenvalue weighted by Crippen LogP contribution is -2.19. The number of aryl methyl sites for hydroxylation is 1. The maximum Gasteiger partial charge on any atom is 0.118 e. The van der Waals surface area contributed by atoms with Gasteiger partial charge in [0.05, 0.1) is 6.54 Å². The first-order valence-electron chi connectivity index (χ1n) is 7.11. The monoisotopic (exact) mass is 250 g/mol. The molecule has 0 spiro atoms. The number of nitrogens with one attached hydrogen (secondary N) is 1. The second kappa shape index (κ2) is 5.89. The van der Waals surface area contributed by atoms with Crippen LogP contribution in [0.3, 0.4) is 0 Å². The average molecular weight is 250 g/mol. The summed E-state index contributed by atoms with van der Waals surface area (Å²) in [4.78, 5) is 2.50. The Hall–Kier alpha value is -0.800. The van der Waals surface area contributed by atoms with Crippen LogP contribution >= 0.6 is 0 Å². The molecule has 2 unspecified atom stereocenters. The molecule has 1 N–H and O–H groups in total. The van der Waals surface area contributed by atoms with E-state index in [0.717, 1.165) is 43.0 Å². The molecule has 0 aliphatic carbocycles. The third-order valence-electron chi connectivity index (χ3n) is 4.08. The summed E-state index contributed by atoms with van der Waals surface area (Å²) in [5, 5.41) is 3.35. The Morgan fingerprint density at radius 1 is 1.33 bits per heavy atom. The molecule has 18 heavy (non-hydrogen) atoms. The molecule has 1 saturated heterocycles. The Balaban J connectivity index is 1.94. The molecule has 1 aromatic rings. The van der Waals surface area contributed by atoms with Gasteiger partial charge in [-0.2, -0.15) is 0 Å². The van der Waals surface area contributed by atoms with Gasteiger partial charge in [-0.15, -0.1) is 0 Å². The first-order valence-corrected chi connectivity index (χ1v) is 7.11. The third-order valence-corrected chi connectivity index (χ3v) is 4.08. The highest BCUT2D eigenvalue weighted by Crippen LogP contribution is 2.25. The summed E-state index contributed by atoms with van der Waals surface area (Å²) in [6.45, 7) is 14.1. The molecule has 1 aliphatic heterocycles. The predicted molar refractivity (Wildman–Crippen MR) is 74.4 cm³/mol. The molecule has 2 atom stereocenters. The summed E-state index contributed by atoms with van der Waals surface area (Å²) in [5.41, 5.74) is 1.30. The average Bonchev–Trinajstić information content (AvgIpc) is 2.81. The lowest BCUT2D eigenvalue weighted by Gasteiger charge is -2.12. The Bertz CT molecular complexity index is 376. The normalized spacial score (nSPS) is 24.9. The molecule has 3 heteroatoms. The van der Waals surface area contributed by atoms with Crippen LogP contribution in [0.25, 0.3) is 0 Å². The first-order chi connectivity index (χ1) is 8.60. The Kier molecular flexibility index (Phi) is 4.46. The van der Waals surface area contributed by atoms with Crippen LogP contribution in [0.15, 0.2) is 10.5 Å². The van der Waals surface area contributed by atoms with E-state index in [9.17, 15) is 0 Å². The van der Waals surface area contributed by atoms with E-state index in [1.807, 2.05) is 0 Å². The van der Waals surface area contributed by atoms with Crippen molar-refractivity contribution in [3.63, 3.8) is 0 Å². The van der Waals surface area contributed by atoms with Crippen LogP contribution in [0.4, 0.5) is 0 Å². The molecule has 1 aromatic heterocycles. The van der Waals surface area contributed by atoms with E-state index >= 15 is 0 Å². The van der Waals surface area contributed by atoms with Gasteiger partial charge in [-0.25, -0.2) is 0 Å². The summed E-state index contributed by atoms with van der Waals surface area (Å²) in [6.07, 6.45) is 0. The number of hydrogen-bond donors (Lipinski definition) is 1. The van der Waals surface area contributed by atoms with Crippen molar-refractivity contribution in [3.8, 4) is 0 Å². The van der Waals surface area contributed by atoms with Crippen molar-refractivity contribution in [3.05, 3.63) is 23.2 Å². The highest BCUT2D eigenvalue weighted by atomic mass is 16.3. The molecule has 1 aliphatic rings. The van der Waals surface area contributed by atoms with Gasteiger partial charge in [-0.05, 0) is 31.4 Å². The number of nitrogens with zero attached hydrogens (tertiary/aromatic N) is 1. The molecule has 0 amide bonds. The smallest absolute Gasteiger partial charge is 0.118 e. The molecule has 3 nitrogen and oxygen atoms in total. The van der Waals surface area contributed by atoms with Crippen molar-refractivity contribution < 1.29 is 4.42 Å². The number of furan rings is 1. The quantitative estimate of drug-likeness (QED) is 0.871. The predicted octanol–water partition coefficient (Wildman–Crippen LogP) is 2.79. The van der Waals surface area contributed by atoms with Gasteiger partial charge in [0.25, 0.3) is 0 Å². The lowest BCUT2D eigenvalue weighted by molar-refractivity contribution is 0.283. The van der Waals surface area contributed by atoms with Crippen molar-refractivity contribution in [1.29, 1.82) is 0 Å². The van der Waals surface area contributed by atoms with Crippen LogP contribution in [0.1, 0.15) is 37.9 Å². The van der Waals surface area contributed by atoms with Gasteiger partial charge >= 0.3 is 0 Å². The van der Waals surface area contributed by atoms with Gasteiger partial charge in [0.2, 0.25) is 0 Å². The molecule has 1 fully saturated rings. The van der Waals surface area contributed by atoms with E-state index < -0.39 is 0 Å². The van der Waals surface area contributed by atoms with Crippen molar-refractivity contribution in [1.82, 2.24) is 10.2 Å². The number of rotatable bonds is 5. The summed E-state index contributed by atoms with van der Waals surface area (Å²) >= 11 is 0. The fourth-order valence-electron chi connectivity index (χ4n) is 2.70. The molecular weight excluding hydrogens is 224 g/mol. The van der Waals surface area contributed by atoms with Gasteiger partial charge in [-0.3, -0.25) is 4.90 Å². The number of hydrogen-bond acceptors (Lipinski definition) is 3. The summed E-state index contributed by atoms with van der Waals surface area (Å²) in [5.74, 6) is 3.79. The second-order valence-corrected chi connectivity index (χ2v) is 5.72. The first kappa shape index (κ1) is 13.6. The van der Waals surface area contributed by atoms with Crippen LogP contribution in [-0.2, 0) is 13.1 Å². The zero-order valence-electron chi connectivity index (χ0n) is 12.1. The van der Waals surface area contributed by atoms with Crippen LogP contribution in [0.5, 0.6) is 0 Å². The molecular formula is C15H26N2O. The van der Waals surface area contributed by atoms with Gasteiger partial charge in [-0.1, -0.05) is 20.8 Å². The molecule has 102 valence electrons. The van der Waals surface area contributed by atoms with Crippen LogP contribution < -0.4 is 5.32 Å². The SMILES string of the molecule is CCNCc1cc(CN2CC(C)C(C)C2)oc1C. The van der Waals surface area contributed by atoms with E-state index in [-0.39, 0.29) is 0 Å². The molecule has 0 aromatic carbocycles. The molecule has 2 heterocycles. The van der Waals surface area contributed by atoms with Crippen molar-refractivity contribution in [2.45, 2.75) is 40.8 Å². The van der Waals surface area contributed by atoms with Crippen molar-refractivity contribution in [2.24, 2.45) is 11.8 Å². The largest absolute Gasteiger partial charge is 0.465 e. The highest BCUT2D eigenvalue weighted by molar-refractivity contribution is 5.20. The third kappa shape index (κ3) is 3.15. The van der Waals surface area contributed by atoms with Gasteiger partial charge in [0.1, 0.15) is 11.5 Å². The minimum absolute atomic E-state index is 0.808. The van der Waals surface area contributed by atoms with Crippen molar-refractivity contribution >= 4 is 0 Å². The Labute approximate surface area is 111 Å². The topological polar surface area (TPSA) is 28.4 Å². The zero-order chi connectivity index (χ0) is 13.1. The Morgan fingerprint density at radius 3 is 2.61 bits per heavy atom. The minimum Gasteiger partial charge on any atom is -0.465 e. The highest BCUT2D eigenvalue weighted by Gasteiger charge is 2.26. The molecule has 0 bridgehead atoms. The van der Waals surface area contributed by atoms with Crippen LogP contribution in [-0.4, -0.2) is 24.5 Å². The van der Waals surface area contributed by atoms with Gasteiger partial charge in [0, 0.05) is 25.2 Å². The van der Waals surface area contributed by atoms with E-state index in [0.29, 0.717) is 0 Å². The van der Waals surface area contributed by atoms with Crippen molar-refractivity contribution in [2.75, 3.05) is 19.6 Å². The van der Waals surface area contributed by atoms with Gasteiger partial charge in [0.15, 0.2) is 0 Å². The minimum atomic E-state index is 0.808. The van der Waals surface area contributed by atoms with Crippen LogP contribution in [0.2, 0.25) is 0 Å². The maximum absolute atomic E-state index is 5.86. The molecule has 0 radical (unpaired) electrons. The summed E-state index contributed by atoms with van der Waals surface area (Å²) in [6, 6.07) is 2.21. The fourth-order valence-corrected chi connectivity index (χ4v) is 2.70. The lowest BCUT2D eigenvalue weighted by atomic mass is 10.0. The van der Waals surface area contributed by atoms with Crippen LogP contribution in [0, 0.1) is 18.8 Å². The zero-order valence-corrected chi connectivity index (χ0v) is 12.1.